The van der Waals surface area contributed by atoms with Crippen LogP contribution in [0, 0.1) is 0 Å². The number of amides is 1. The Morgan fingerprint density at radius 2 is 1.40 bits per heavy atom. The Bertz CT molecular complexity index is 1000. The Hall–Kier alpha value is -2.66. The van der Waals surface area contributed by atoms with Crippen LogP contribution in [0.3, 0.4) is 0 Å². The molecule has 0 aromatic carbocycles. The molecule has 0 saturated heterocycles. The smallest absolute Gasteiger partial charge is 0.407 e. The second kappa shape index (κ2) is 23.9. The number of hydrogen-bond donors (Lipinski definition) is 1. The van der Waals surface area contributed by atoms with E-state index in [2.05, 4.69) is 69.8 Å². The predicted octanol–water partition coefficient (Wildman–Crippen LogP) is 5.87. The van der Waals surface area contributed by atoms with E-state index in [0.717, 1.165) is 32.2 Å². The van der Waals surface area contributed by atoms with Crippen LogP contribution >= 0.6 is 0 Å². The van der Waals surface area contributed by atoms with Crippen LogP contribution in [0.25, 0.3) is 0 Å². The molecule has 0 aliphatic rings. The third-order valence-electron chi connectivity index (χ3n) is 6.93. The second-order valence-electron chi connectivity index (χ2n) is 12.0. The van der Waals surface area contributed by atoms with Crippen molar-refractivity contribution in [1.82, 2.24) is 10.3 Å². The van der Waals surface area contributed by atoms with Gasteiger partial charge in [0.2, 0.25) is 0 Å². The van der Waals surface area contributed by atoms with Crippen LogP contribution in [0.15, 0.2) is 73.4 Å². The van der Waals surface area contributed by atoms with Crippen molar-refractivity contribution in [3.05, 3.63) is 84.5 Å². The molecule has 42 heavy (non-hydrogen) atoms. The third kappa shape index (κ3) is 21.1. The molecule has 1 amide bonds. The van der Waals surface area contributed by atoms with E-state index in [-0.39, 0.29) is 18.5 Å². The first kappa shape index (κ1) is 37.4. The molecule has 0 radical (unpaired) electrons. The van der Waals surface area contributed by atoms with Gasteiger partial charge in [-0.05, 0) is 96.3 Å². The second-order valence-corrected chi connectivity index (χ2v) is 12.0. The summed E-state index contributed by atoms with van der Waals surface area (Å²) in [5.41, 5.74) is 2.36. The van der Waals surface area contributed by atoms with Crippen molar-refractivity contribution in [2.75, 3.05) is 6.54 Å². The number of rotatable bonds is 21. The van der Waals surface area contributed by atoms with Gasteiger partial charge in [-0.25, -0.2) is 9.36 Å². The van der Waals surface area contributed by atoms with E-state index in [9.17, 15) is 4.79 Å². The number of unbranched alkanes of at least 4 members (excludes halogenated alkanes) is 9. The number of nitrogens with zero attached hydrogens (tertiary/aromatic N) is 2. The third-order valence-corrected chi connectivity index (χ3v) is 6.93. The highest BCUT2D eigenvalue weighted by Crippen LogP contribution is 2.11. The molecule has 1 N–H and O–H groups in total. The van der Waals surface area contributed by atoms with E-state index in [1.807, 2.05) is 39.2 Å². The zero-order valence-corrected chi connectivity index (χ0v) is 27.3. The predicted molar refractivity (Wildman–Crippen MR) is 171 cm³/mol. The van der Waals surface area contributed by atoms with Crippen LogP contribution in [0.4, 0.5) is 4.79 Å². The molecule has 5 nitrogen and oxygen atoms in total. The Morgan fingerprint density at radius 3 is 2.10 bits per heavy atom. The van der Waals surface area contributed by atoms with Crippen LogP contribution < -0.4 is 22.3 Å². The summed E-state index contributed by atoms with van der Waals surface area (Å²) in [5.74, 6) is 0. The fourth-order valence-corrected chi connectivity index (χ4v) is 4.74. The number of halogens is 1. The maximum Gasteiger partial charge on any atom is 0.407 e. The van der Waals surface area contributed by atoms with Crippen molar-refractivity contribution >= 4 is 6.09 Å². The lowest BCUT2D eigenvalue weighted by Crippen LogP contribution is -3.00. The summed E-state index contributed by atoms with van der Waals surface area (Å²) >= 11 is 0. The summed E-state index contributed by atoms with van der Waals surface area (Å²) in [4.78, 5) is 15.8. The fraction of sp³-hybridized carbons (Fsp3) is 0.583. The molecule has 234 valence electrons. The molecule has 2 aromatic heterocycles. The highest BCUT2D eigenvalue weighted by Gasteiger charge is 2.15. The number of aryl methyl sites for hydroxylation is 3. The average Bonchev–Trinajstić information content (AvgIpc) is 2.94. The number of ether oxygens (including phenoxy) is 1. The minimum absolute atomic E-state index is 0. The van der Waals surface area contributed by atoms with E-state index >= 15 is 0 Å². The van der Waals surface area contributed by atoms with E-state index in [0.29, 0.717) is 6.54 Å². The van der Waals surface area contributed by atoms with Gasteiger partial charge in [-0.2, -0.15) is 0 Å². The maximum absolute atomic E-state index is 11.6. The lowest BCUT2D eigenvalue weighted by atomic mass is 10.1. The Balaban J connectivity index is 0.00000882. The first-order chi connectivity index (χ1) is 19.9. The highest BCUT2D eigenvalue weighted by molar-refractivity contribution is 5.67. The summed E-state index contributed by atoms with van der Waals surface area (Å²) in [7, 11) is 0. The van der Waals surface area contributed by atoms with Crippen molar-refractivity contribution in [1.29, 1.82) is 0 Å². The SMILES string of the molecule is CC(C)(C)OC(=O)NCC/C=C/CCCCCCCCc1ccc[n+](CC/C=C/CCCCCc2cccnc2)c1.[Cl-]. The normalized spacial score (nSPS) is 11.6. The molecule has 0 spiro atoms. The first-order valence-electron chi connectivity index (χ1n) is 16.1. The van der Waals surface area contributed by atoms with E-state index < -0.39 is 5.60 Å². The number of pyridine rings is 2. The molecule has 2 rings (SSSR count). The molecule has 2 heterocycles. The molecule has 0 bridgehead atoms. The zero-order valence-electron chi connectivity index (χ0n) is 26.5. The minimum atomic E-state index is -0.441. The summed E-state index contributed by atoms with van der Waals surface area (Å²) in [6.45, 7) is 7.31. The molecule has 6 heteroatoms. The van der Waals surface area contributed by atoms with Crippen molar-refractivity contribution in [3.8, 4) is 0 Å². The molecule has 0 aliphatic heterocycles. The molecule has 0 atom stereocenters. The Morgan fingerprint density at radius 1 is 0.810 bits per heavy atom. The van der Waals surface area contributed by atoms with Crippen molar-refractivity contribution < 1.29 is 26.5 Å². The van der Waals surface area contributed by atoms with E-state index in [1.54, 1.807) is 0 Å². The van der Waals surface area contributed by atoms with Crippen LogP contribution in [0.2, 0.25) is 0 Å². The zero-order chi connectivity index (χ0) is 29.4. The average molecular weight is 598 g/mol. The highest BCUT2D eigenvalue weighted by atomic mass is 35.5. The van der Waals surface area contributed by atoms with E-state index in [1.165, 1.54) is 81.8 Å². The molecule has 0 saturated carbocycles. The number of carbonyl (C=O) groups excluding carboxylic acids is 1. The van der Waals surface area contributed by atoms with Gasteiger partial charge in [-0.3, -0.25) is 4.98 Å². The monoisotopic (exact) mass is 597 g/mol. The van der Waals surface area contributed by atoms with Gasteiger partial charge >= 0.3 is 6.09 Å². The minimum Gasteiger partial charge on any atom is -1.00 e. The van der Waals surface area contributed by atoms with Gasteiger partial charge < -0.3 is 22.5 Å². The molecule has 0 fully saturated rings. The van der Waals surface area contributed by atoms with Crippen LogP contribution in [-0.4, -0.2) is 23.2 Å². The van der Waals surface area contributed by atoms with Crippen LogP contribution in [0.1, 0.15) is 115 Å². The number of hydrogen-bond acceptors (Lipinski definition) is 3. The molecular weight excluding hydrogens is 542 g/mol. The Labute approximate surface area is 262 Å². The van der Waals surface area contributed by atoms with E-state index in [4.69, 9.17) is 4.74 Å². The van der Waals surface area contributed by atoms with Gasteiger partial charge in [0, 0.05) is 37.0 Å². The van der Waals surface area contributed by atoms with Gasteiger partial charge in [0.05, 0.1) is 0 Å². The van der Waals surface area contributed by atoms with Gasteiger partial charge in [0.1, 0.15) is 5.60 Å². The van der Waals surface area contributed by atoms with Gasteiger partial charge in [-0.1, -0.05) is 62.5 Å². The number of carbonyl (C=O) groups is 1. The summed E-state index contributed by atoms with van der Waals surface area (Å²) in [6, 6.07) is 8.66. The quantitative estimate of drug-likeness (QED) is 0.111. The van der Waals surface area contributed by atoms with Gasteiger partial charge in [0.25, 0.3) is 0 Å². The fourth-order valence-electron chi connectivity index (χ4n) is 4.74. The topological polar surface area (TPSA) is 55.1 Å². The number of alkyl carbamates (subject to hydrolysis) is 1. The standard InChI is InChI=1S/C36H55N3O2.ClH/c1-36(2,3)41-35(40)38-28-19-15-11-7-5-4-6-9-14-18-24-34-26-22-30-39(32-34)29-20-16-12-8-10-13-17-23-33-25-21-27-37-31-33;/h11-12,15-16,21-22,25-27,30-32H,4-10,13-14,17-20,23-24,28-29H2,1-3H3;1H/b15-11+,16-12+;. The molecule has 2 aromatic rings. The summed E-state index contributed by atoms with van der Waals surface area (Å²) in [6.07, 6.45) is 35.3. The van der Waals surface area contributed by atoms with Crippen LogP contribution in [-0.2, 0) is 24.1 Å². The van der Waals surface area contributed by atoms with Gasteiger partial charge in [-0.15, -0.1) is 0 Å². The lowest BCUT2D eigenvalue weighted by Gasteiger charge is -2.19. The molecular formula is C36H56ClN3O2. The number of allylic oxidation sites excluding steroid dienone is 3. The summed E-state index contributed by atoms with van der Waals surface area (Å²) < 4.78 is 7.57. The molecule has 0 aliphatic carbocycles. The number of aromatic nitrogens is 2. The number of nitrogens with one attached hydrogen (secondary N) is 1. The van der Waals surface area contributed by atoms with Gasteiger partial charge in [0.15, 0.2) is 18.9 Å². The summed E-state index contributed by atoms with van der Waals surface area (Å²) in [5, 5.41) is 2.79. The largest absolute Gasteiger partial charge is 1.00 e. The lowest BCUT2D eigenvalue weighted by molar-refractivity contribution is -0.696. The maximum atomic E-state index is 11.6. The van der Waals surface area contributed by atoms with Crippen LogP contribution in [0.5, 0.6) is 0 Å². The van der Waals surface area contributed by atoms with Crippen molar-refractivity contribution in [3.63, 3.8) is 0 Å². The van der Waals surface area contributed by atoms with Crippen molar-refractivity contribution in [2.24, 2.45) is 0 Å². The Kier molecular flexibility index (Phi) is 21.2. The molecule has 0 unspecified atom stereocenters. The first-order valence-corrected chi connectivity index (χ1v) is 16.1. The van der Waals surface area contributed by atoms with Crippen molar-refractivity contribution in [2.45, 2.75) is 129 Å².